The first-order valence-corrected chi connectivity index (χ1v) is 5.22. The summed E-state index contributed by atoms with van der Waals surface area (Å²) in [5, 5.41) is 8.53. The molecule has 1 N–H and O–H groups in total. The minimum atomic E-state index is -0.953. The van der Waals surface area contributed by atoms with E-state index in [0.29, 0.717) is 0 Å². The highest BCUT2D eigenvalue weighted by Crippen LogP contribution is 2.31. The maximum Gasteiger partial charge on any atom is 0.327 e. The predicted octanol–water partition coefficient (Wildman–Crippen LogP) is 2.19. The third kappa shape index (κ3) is 3.35. The Hall–Kier alpha value is -1.38. The van der Waals surface area contributed by atoms with E-state index < -0.39 is 5.97 Å². The molecule has 82 valence electrons. The second-order valence-corrected chi connectivity index (χ2v) is 3.86. The fourth-order valence-corrected chi connectivity index (χ4v) is 2.10. The third-order valence-corrected chi connectivity index (χ3v) is 2.87. The van der Waals surface area contributed by atoms with E-state index in [4.69, 9.17) is 5.11 Å². The van der Waals surface area contributed by atoms with Gasteiger partial charge in [-0.05, 0) is 24.8 Å². The molecule has 0 spiro atoms. The largest absolute Gasteiger partial charge is 0.478 e. The number of allylic oxidation sites excluding steroid dienone is 2. The molecule has 1 rings (SSSR count). The zero-order chi connectivity index (χ0) is 11.3. The van der Waals surface area contributed by atoms with Crippen LogP contribution in [0.3, 0.4) is 0 Å². The molecular weight excluding hydrogens is 192 g/mol. The van der Waals surface area contributed by atoms with Crippen molar-refractivity contribution in [1.29, 1.82) is 0 Å². The van der Waals surface area contributed by atoms with E-state index >= 15 is 0 Å². The molecule has 1 saturated carbocycles. The molecule has 0 aromatic rings. The van der Waals surface area contributed by atoms with Gasteiger partial charge in [-0.25, -0.2) is 4.79 Å². The van der Waals surface area contributed by atoms with Crippen molar-refractivity contribution in [3.05, 3.63) is 24.8 Å². The molecule has 0 bridgehead atoms. The summed E-state index contributed by atoms with van der Waals surface area (Å²) in [6, 6.07) is 0. The van der Waals surface area contributed by atoms with Crippen LogP contribution in [0.25, 0.3) is 0 Å². The molecule has 0 heterocycles. The summed E-state index contributed by atoms with van der Waals surface area (Å²) >= 11 is 0. The normalized spacial score (nSPS) is 26.4. The zero-order valence-electron chi connectivity index (χ0n) is 8.69. The summed E-state index contributed by atoms with van der Waals surface area (Å²) in [5.41, 5.74) is 0. The summed E-state index contributed by atoms with van der Waals surface area (Å²) in [6.45, 7) is 3.48. The lowest BCUT2D eigenvalue weighted by atomic mass is 9.77. The van der Waals surface area contributed by atoms with Crippen LogP contribution in [0.5, 0.6) is 0 Å². The smallest absolute Gasteiger partial charge is 0.327 e. The van der Waals surface area contributed by atoms with E-state index in [0.717, 1.165) is 31.8 Å². The molecule has 0 saturated heterocycles. The molecule has 15 heavy (non-hydrogen) atoms. The summed E-state index contributed by atoms with van der Waals surface area (Å²) in [7, 11) is 0. The van der Waals surface area contributed by atoms with E-state index in [2.05, 4.69) is 6.58 Å². The number of hydrogen-bond donors (Lipinski definition) is 1. The average Bonchev–Trinajstić information content (AvgIpc) is 2.25. The van der Waals surface area contributed by atoms with Gasteiger partial charge in [-0.15, -0.1) is 0 Å². The standard InChI is InChI=1S/C12H16O3/c1-2-11(13)10-6-4-3-5-9(10)7-8-12(14)15/h2,7-10H,1,3-6H2,(H,14,15). The second kappa shape index (κ2) is 5.49. The van der Waals surface area contributed by atoms with Crippen molar-refractivity contribution in [2.45, 2.75) is 25.7 Å². The molecule has 0 amide bonds. The molecule has 0 aliphatic heterocycles. The molecule has 1 aliphatic carbocycles. The lowest BCUT2D eigenvalue weighted by molar-refractivity contribution is -0.131. The van der Waals surface area contributed by atoms with E-state index in [1.807, 2.05) is 0 Å². The van der Waals surface area contributed by atoms with Gasteiger partial charge in [0.05, 0.1) is 0 Å². The Morgan fingerprint density at radius 3 is 2.53 bits per heavy atom. The first kappa shape index (κ1) is 11.7. The quantitative estimate of drug-likeness (QED) is 0.720. The number of carboxylic acids is 1. The summed E-state index contributed by atoms with van der Waals surface area (Å²) in [5.74, 6) is -0.910. The Bertz CT molecular complexity index is 291. The molecule has 0 aromatic carbocycles. The van der Waals surface area contributed by atoms with Gasteiger partial charge >= 0.3 is 5.97 Å². The van der Waals surface area contributed by atoms with E-state index in [1.165, 1.54) is 6.08 Å². The minimum absolute atomic E-state index is 0.0368. The van der Waals surface area contributed by atoms with Crippen molar-refractivity contribution < 1.29 is 14.7 Å². The van der Waals surface area contributed by atoms with Crippen molar-refractivity contribution in [2.24, 2.45) is 11.8 Å². The average molecular weight is 208 g/mol. The van der Waals surface area contributed by atoms with Crippen LogP contribution in [0.15, 0.2) is 24.8 Å². The molecule has 0 aromatic heterocycles. The highest BCUT2D eigenvalue weighted by atomic mass is 16.4. The SMILES string of the molecule is C=CC(=O)C1CCCCC1C=CC(=O)O. The molecular formula is C12H16O3. The van der Waals surface area contributed by atoms with Crippen LogP contribution in [0.1, 0.15) is 25.7 Å². The summed E-state index contributed by atoms with van der Waals surface area (Å²) in [4.78, 5) is 21.9. The van der Waals surface area contributed by atoms with Gasteiger partial charge in [-0.2, -0.15) is 0 Å². The maximum absolute atomic E-state index is 11.5. The third-order valence-electron chi connectivity index (χ3n) is 2.87. The Balaban J connectivity index is 2.69. The number of ketones is 1. The highest BCUT2D eigenvalue weighted by Gasteiger charge is 2.27. The lowest BCUT2D eigenvalue weighted by Crippen LogP contribution is -2.24. The molecule has 1 fully saturated rings. The first-order valence-electron chi connectivity index (χ1n) is 5.22. The van der Waals surface area contributed by atoms with Crippen LogP contribution in [0.2, 0.25) is 0 Å². The minimum Gasteiger partial charge on any atom is -0.478 e. The zero-order valence-corrected chi connectivity index (χ0v) is 8.69. The van der Waals surface area contributed by atoms with Crippen LogP contribution in [0.4, 0.5) is 0 Å². The lowest BCUT2D eigenvalue weighted by Gasteiger charge is -2.27. The highest BCUT2D eigenvalue weighted by molar-refractivity contribution is 5.91. The van der Waals surface area contributed by atoms with Gasteiger partial charge in [-0.3, -0.25) is 4.79 Å². The van der Waals surface area contributed by atoms with Crippen molar-refractivity contribution in [3.63, 3.8) is 0 Å². The van der Waals surface area contributed by atoms with Crippen LogP contribution in [-0.2, 0) is 9.59 Å². The van der Waals surface area contributed by atoms with E-state index in [1.54, 1.807) is 6.08 Å². The fourth-order valence-electron chi connectivity index (χ4n) is 2.10. The molecule has 2 atom stereocenters. The Morgan fingerprint density at radius 2 is 1.93 bits per heavy atom. The van der Waals surface area contributed by atoms with E-state index in [9.17, 15) is 9.59 Å². The second-order valence-electron chi connectivity index (χ2n) is 3.86. The summed E-state index contributed by atoms with van der Waals surface area (Å²) in [6.07, 6.45) is 7.98. The van der Waals surface area contributed by atoms with Gasteiger partial charge in [0, 0.05) is 12.0 Å². The van der Waals surface area contributed by atoms with Gasteiger partial charge < -0.3 is 5.11 Å². The monoisotopic (exact) mass is 208 g/mol. The van der Waals surface area contributed by atoms with Crippen LogP contribution in [-0.4, -0.2) is 16.9 Å². The number of hydrogen-bond acceptors (Lipinski definition) is 2. The van der Waals surface area contributed by atoms with Gasteiger partial charge in [-0.1, -0.05) is 25.5 Å². The van der Waals surface area contributed by atoms with Crippen LogP contribution < -0.4 is 0 Å². The number of rotatable bonds is 4. The maximum atomic E-state index is 11.5. The predicted molar refractivity (Wildman–Crippen MR) is 57.4 cm³/mol. The molecule has 2 unspecified atom stereocenters. The summed E-state index contributed by atoms with van der Waals surface area (Å²) < 4.78 is 0. The number of carbonyl (C=O) groups excluding carboxylic acids is 1. The van der Waals surface area contributed by atoms with Crippen molar-refractivity contribution in [2.75, 3.05) is 0 Å². The van der Waals surface area contributed by atoms with Crippen molar-refractivity contribution in [1.82, 2.24) is 0 Å². The Kier molecular flexibility index (Phi) is 4.28. The Labute approximate surface area is 89.5 Å². The van der Waals surface area contributed by atoms with Crippen LogP contribution in [0, 0.1) is 11.8 Å². The topological polar surface area (TPSA) is 54.4 Å². The van der Waals surface area contributed by atoms with Gasteiger partial charge in [0.25, 0.3) is 0 Å². The molecule has 3 heteroatoms. The number of aliphatic carboxylic acids is 1. The number of carbonyl (C=O) groups is 2. The van der Waals surface area contributed by atoms with Crippen molar-refractivity contribution >= 4 is 11.8 Å². The first-order chi connectivity index (χ1) is 7.15. The Morgan fingerprint density at radius 1 is 1.27 bits per heavy atom. The van der Waals surface area contributed by atoms with E-state index in [-0.39, 0.29) is 17.6 Å². The van der Waals surface area contributed by atoms with Gasteiger partial charge in [0.2, 0.25) is 0 Å². The molecule has 0 radical (unpaired) electrons. The molecule has 3 nitrogen and oxygen atoms in total. The van der Waals surface area contributed by atoms with Crippen LogP contribution >= 0.6 is 0 Å². The van der Waals surface area contributed by atoms with Gasteiger partial charge in [0.1, 0.15) is 0 Å². The number of carboxylic acid groups (broad SMARTS) is 1. The van der Waals surface area contributed by atoms with Gasteiger partial charge in [0.15, 0.2) is 5.78 Å². The molecule has 1 aliphatic rings. The fraction of sp³-hybridized carbons (Fsp3) is 0.500. The van der Waals surface area contributed by atoms with Crippen molar-refractivity contribution in [3.8, 4) is 0 Å².